The van der Waals surface area contributed by atoms with Crippen molar-refractivity contribution in [2.24, 2.45) is 0 Å². The molecule has 2 aromatic carbocycles. The first-order valence-electron chi connectivity index (χ1n) is 7.13. The molecule has 0 heterocycles. The van der Waals surface area contributed by atoms with E-state index in [9.17, 15) is 19.5 Å². The topological polar surface area (TPSA) is 98.3 Å². The van der Waals surface area contributed by atoms with E-state index in [4.69, 9.17) is 0 Å². The fourth-order valence-electron chi connectivity index (χ4n) is 1.96. The van der Waals surface area contributed by atoms with E-state index >= 15 is 0 Å². The van der Waals surface area contributed by atoms with E-state index in [1.807, 2.05) is 0 Å². The molecule has 2 amide bonds. The molecule has 2 N–H and O–H groups in total. The number of rotatable bonds is 5. The Kier molecular flexibility index (Phi) is 5.46. The minimum atomic E-state index is -1.48. The fraction of sp³-hybridized carbons (Fsp3) is 0.0556. The van der Waals surface area contributed by atoms with Crippen LogP contribution in [0.5, 0.6) is 0 Å². The minimum Gasteiger partial charge on any atom is -0.543 e. The molecule has 0 radical (unpaired) electrons. The summed E-state index contributed by atoms with van der Waals surface area (Å²) in [6.07, 6.45) is 1.32. The normalized spacial score (nSPS) is 10.8. The Morgan fingerprint density at radius 1 is 0.958 bits per heavy atom. The third kappa shape index (κ3) is 4.81. The number of carboxylic acids is 1. The van der Waals surface area contributed by atoms with E-state index in [-0.39, 0.29) is 17.2 Å². The maximum Gasteiger partial charge on any atom is 0.255 e. The van der Waals surface area contributed by atoms with Gasteiger partial charge in [0.1, 0.15) is 0 Å². The summed E-state index contributed by atoms with van der Waals surface area (Å²) in [6.45, 7) is 1.38. The van der Waals surface area contributed by atoms with Crippen LogP contribution < -0.4 is 15.7 Å². The maximum atomic E-state index is 12.2. The third-order valence-electron chi connectivity index (χ3n) is 3.05. The van der Waals surface area contributed by atoms with Crippen LogP contribution in [0.3, 0.4) is 0 Å². The molecule has 24 heavy (non-hydrogen) atoms. The highest BCUT2D eigenvalue weighted by Crippen LogP contribution is 2.11. The SMILES string of the molecule is CC(=O)Nc1ccc(C(=O)N/C(=C/c2ccccc2)C(=O)[O-])cc1. The first kappa shape index (κ1) is 17.0. The monoisotopic (exact) mass is 323 g/mol. The zero-order chi connectivity index (χ0) is 17.5. The molecule has 0 spiro atoms. The number of carboxylic acid groups (broad SMARTS) is 1. The number of nitrogens with one attached hydrogen (secondary N) is 2. The van der Waals surface area contributed by atoms with E-state index in [1.54, 1.807) is 42.5 Å². The van der Waals surface area contributed by atoms with Gasteiger partial charge in [0.05, 0.1) is 11.7 Å². The van der Waals surface area contributed by atoms with Crippen molar-refractivity contribution < 1.29 is 19.5 Å². The lowest BCUT2D eigenvalue weighted by Gasteiger charge is -2.11. The Morgan fingerprint density at radius 2 is 1.58 bits per heavy atom. The zero-order valence-corrected chi connectivity index (χ0v) is 12.9. The zero-order valence-electron chi connectivity index (χ0n) is 12.9. The lowest BCUT2D eigenvalue weighted by molar-refractivity contribution is -0.299. The van der Waals surface area contributed by atoms with Crippen LogP contribution in [0, 0.1) is 0 Å². The summed E-state index contributed by atoms with van der Waals surface area (Å²) in [5, 5.41) is 16.1. The van der Waals surface area contributed by atoms with Gasteiger partial charge in [-0.3, -0.25) is 9.59 Å². The Bertz CT molecular complexity index is 780. The van der Waals surface area contributed by atoms with Crippen LogP contribution in [0.1, 0.15) is 22.8 Å². The van der Waals surface area contributed by atoms with Crippen LogP contribution in [0.15, 0.2) is 60.3 Å². The molecular weight excluding hydrogens is 308 g/mol. The molecule has 0 aromatic heterocycles. The highest BCUT2D eigenvalue weighted by molar-refractivity contribution is 6.02. The van der Waals surface area contributed by atoms with Crippen LogP contribution >= 0.6 is 0 Å². The van der Waals surface area contributed by atoms with Crippen molar-refractivity contribution in [1.82, 2.24) is 5.32 Å². The van der Waals surface area contributed by atoms with E-state index in [2.05, 4.69) is 10.6 Å². The molecule has 6 nitrogen and oxygen atoms in total. The number of amides is 2. The van der Waals surface area contributed by atoms with Gasteiger partial charge in [-0.15, -0.1) is 0 Å². The summed E-state index contributed by atoms with van der Waals surface area (Å²) in [5.74, 6) is -2.30. The molecule has 0 aliphatic rings. The van der Waals surface area contributed by atoms with Crippen LogP contribution in [-0.2, 0) is 9.59 Å². The molecular formula is C18H15N2O4-. The van der Waals surface area contributed by atoms with Crippen molar-refractivity contribution in [2.45, 2.75) is 6.92 Å². The number of carbonyl (C=O) groups is 3. The molecule has 2 aromatic rings. The number of carbonyl (C=O) groups excluding carboxylic acids is 3. The van der Waals surface area contributed by atoms with Gasteiger partial charge in [-0.1, -0.05) is 30.3 Å². The molecule has 0 saturated heterocycles. The molecule has 0 atom stereocenters. The summed E-state index contributed by atoms with van der Waals surface area (Å²) in [5.41, 5.74) is 1.08. The van der Waals surface area contributed by atoms with Gasteiger partial charge in [0.25, 0.3) is 5.91 Å². The first-order chi connectivity index (χ1) is 11.5. The largest absolute Gasteiger partial charge is 0.543 e. The molecule has 0 bridgehead atoms. The van der Waals surface area contributed by atoms with Crippen LogP contribution in [0.25, 0.3) is 6.08 Å². The van der Waals surface area contributed by atoms with Crippen LogP contribution in [-0.4, -0.2) is 17.8 Å². The fourth-order valence-corrected chi connectivity index (χ4v) is 1.96. The lowest BCUT2D eigenvalue weighted by Crippen LogP contribution is -2.35. The standard InChI is InChI=1S/C18H16N2O4/c1-12(21)19-15-9-7-14(8-10-15)17(22)20-16(18(23)24)11-13-5-3-2-4-6-13/h2-11H,1H3,(H,19,21)(H,20,22)(H,23,24)/p-1/b16-11+. The second kappa shape index (κ2) is 7.73. The van der Waals surface area contributed by atoms with Gasteiger partial charge in [-0.2, -0.15) is 0 Å². The van der Waals surface area contributed by atoms with Gasteiger partial charge in [-0.25, -0.2) is 0 Å². The van der Waals surface area contributed by atoms with Gasteiger partial charge in [0, 0.05) is 18.2 Å². The third-order valence-corrected chi connectivity index (χ3v) is 3.05. The van der Waals surface area contributed by atoms with Crippen molar-refractivity contribution in [3.8, 4) is 0 Å². The molecule has 6 heteroatoms. The highest BCUT2D eigenvalue weighted by atomic mass is 16.4. The average Bonchev–Trinajstić information content (AvgIpc) is 2.55. The molecule has 122 valence electrons. The Hall–Kier alpha value is -3.41. The van der Waals surface area contributed by atoms with Gasteiger partial charge < -0.3 is 20.5 Å². The summed E-state index contributed by atoms with van der Waals surface area (Å²) >= 11 is 0. The second-order valence-electron chi connectivity index (χ2n) is 4.97. The quantitative estimate of drug-likeness (QED) is 0.807. The highest BCUT2D eigenvalue weighted by Gasteiger charge is 2.09. The molecule has 0 aliphatic heterocycles. The molecule has 0 aliphatic carbocycles. The van der Waals surface area contributed by atoms with E-state index in [0.29, 0.717) is 11.3 Å². The number of benzene rings is 2. The van der Waals surface area contributed by atoms with Gasteiger partial charge in [-0.05, 0) is 35.9 Å². The van der Waals surface area contributed by atoms with Crippen molar-refractivity contribution >= 4 is 29.5 Å². The number of anilines is 1. The van der Waals surface area contributed by atoms with Gasteiger partial charge >= 0.3 is 0 Å². The Labute approximate surface area is 138 Å². The lowest BCUT2D eigenvalue weighted by atomic mass is 10.1. The Balaban J connectivity index is 2.15. The number of aliphatic carboxylic acids is 1. The molecule has 2 rings (SSSR count). The van der Waals surface area contributed by atoms with Crippen molar-refractivity contribution in [3.63, 3.8) is 0 Å². The summed E-state index contributed by atoms with van der Waals surface area (Å²) in [6, 6.07) is 14.8. The van der Waals surface area contributed by atoms with Gasteiger partial charge in [0.15, 0.2) is 0 Å². The van der Waals surface area contributed by atoms with E-state index in [1.165, 1.54) is 25.1 Å². The van der Waals surface area contributed by atoms with E-state index < -0.39 is 11.9 Å². The first-order valence-corrected chi connectivity index (χ1v) is 7.13. The number of hydrogen-bond donors (Lipinski definition) is 2. The van der Waals surface area contributed by atoms with Crippen LogP contribution in [0.4, 0.5) is 5.69 Å². The second-order valence-corrected chi connectivity index (χ2v) is 4.97. The van der Waals surface area contributed by atoms with Crippen molar-refractivity contribution in [3.05, 3.63) is 71.4 Å². The summed E-state index contributed by atoms with van der Waals surface area (Å²) < 4.78 is 0. The minimum absolute atomic E-state index is 0.225. The number of hydrogen-bond acceptors (Lipinski definition) is 4. The Morgan fingerprint density at radius 3 is 2.12 bits per heavy atom. The smallest absolute Gasteiger partial charge is 0.255 e. The summed E-state index contributed by atoms with van der Waals surface area (Å²) in [4.78, 5) is 34.3. The predicted octanol–water partition coefficient (Wildman–Crippen LogP) is 1.17. The summed E-state index contributed by atoms with van der Waals surface area (Å²) in [7, 11) is 0. The van der Waals surface area contributed by atoms with Gasteiger partial charge in [0.2, 0.25) is 5.91 Å². The predicted molar refractivity (Wildman–Crippen MR) is 87.6 cm³/mol. The van der Waals surface area contributed by atoms with E-state index in [0.717, 1.165) is 0 Å². The molecule has 0 unspecified atom stereocenters. The molecule has 0 saturated carbocycles. The average molecular weight is 323 g/mol. The van der Waals surface area contributed by atoms with Crippen LogP contribution in [0.2, 0.25) is 0 Å². The molecule has 0 fully saturated rings. The van der Waals surface area contributed by atoms with Crippen molar-refractivity contribution in [2.75, 3.05) is 5.32 Å². The van der Waals surface area contributed by atoms with Crippen molar-refractivity contribution in [1.29, 1.82) is 0 Å². The maximum absolute atomic E-state index is 12.2.